The van der Waals surface area contributed by atoms with Crippen molar-refractivity contribution in [2.24, 2.45) is 0 Å². The first kappa shape index (κ1) is 11.5. The van der Waals surface area contributed by atoms with E-state index in [0.29, 0.717) is 6.07 Å². The van der Waals surface area contributed by atoms with E-state index >= 15 is 0 Å². The Labute approximate surface area is 83.4 Å². The Bertz CT molecular complexity index is 380. The monoisotopic (exact) mass is 218 g/mol. The lowest BCUT2D eigenvalue weighted by atomic mass is 10.0. The van der Waals surface area contributed by atoms with Gasteiger partial charge in [-0.25, -0.2) is 13.6 Å². The molecule has 0 bridgehead atoms. The smallest absolute Gasteiger partial charge is 0.335 e. The van der Waals surface area contributed by atoms with Crippen LogP contribution in [0.1, 0.15) is 11.7 Å². The molecule has 4 nitrogen and oxygen atoms in total. The number of carboxylic acids is 1. The van der Waals surface area contributed by atoms with Crippen molar-refractivity contribution in [1.82, 2.24) is 0 Å². The van der Waals surface area contributed by atoms with E-state index in [0.717, 1.165) is 12.1 Å². The van der Waals surface area contributed by atoms with Crippen molar-refractivity contribution in [2.75, 3.05) is 0 Å². The van der Waals surface area contributed by atoms with Gasteiger partial charge in [0, 0.05) is 5.56 Å². The Morgan fingerprint density at radius 1 is 1.27 bits per heavy atom. The van der Waals surface area contributed by atoms with Gasteiger partial charge in [0.1, 0.15) is 17.7 Å². The minimum Gasteiger partial charge on any atom is -0.479 e. The fourth-order valence-electron chi connectivity index (χ4n) is 1.05. The average molecular weight is 218 g/mol. The quantitative estimate of drug-likeness (QED) is 0.688. The van der Waals surface area contributed by atoms with Crippen LogP contribution in [0.3, 0.4) is 0 Å². The van der Waals surface area contributed by atoms with E-state index in [1.54, 1.807) is 0 Å². The number of carbonyl (C=O) groups is 1. The number of hydrogen-bond donors (Lipinski definition) is 3. The maximum absolute atomic E-state index is 13.0. The molecule has 1 rings (SSSR count). The number of aliphatic hydroxyl groups is 2. The molecule has 82 valence electrons. The van der Waals surface area contributed by atoms with Crippen LogP contribution in [0, 0.1) is 11.6 Å². The first-order valence-corrected chi connectivity index (χ1v) is 3.97. The predicted molar refractivity (Wildman–Crippen MR) is 45.0 cm³/mol. The van der Waals surface area contributed by atoms with Gasteiger partial charge >= 0.3 is 5.97 Å². The fourth-order valence-corrected chi connectivity index (χ4v) is 1.05. The number of aliphatic carboxylic acids is 1. The number of halogens is 2. The summed E-state index contributed by atoms with van der Waals surface area (Å²) in [5.41, 5.74) is -0.593. The molecule has 1 aromatic carbocycles. The fraction of sp³-hybridized carbons (Fsp3) is 0.222. The van der Waals surface area contributed by atoms with E-state index < -0.39 is 35.4 Å². The Hall–Kier alpha value is -1.53. The molecule has 0 heterocycles. The van der Waals surface area contributed by atoms with Gasteiger partial charge in [0.2, 0.25) is 0 Å². The van der Waals surface area contributed by atoms with Crippen molar-refractivity contribution in [3.8, 4) is 0 Å². The second-order valence-electron chi connectivity index (χ2n) is 2.89. The molecule has 0 aliphatic carbocycles. The zero-order chi connectivity index (χ0) is 11.6. The molecule has 0 fully saturated rings. The van der Waals surface area contributed by atoms with Crippen molar-refractivity contribution >= 4 is 5.97 Å². The highest BCUT2D eigenvalue weighted by Crippen LogP contribution is 2.21. The molecule has 0 aliphatic heterocycles. The van der Waals surface area contributed by atoms with Gasteiger partial charge in [-0.2, -0.15) is 0 Å². The van der Waals surface area contributed by atoms with Crippen LogP contribution in [0.15, 0.2) is 18.2 Å². The highest BCUT2D eigenvalue weighted by Gasteiger charge is 2.27. The maximum atomic E-state index is 13.0. The summed E-state index contributed by atoms with van der Waals surface area (Å²) in [5, 5.41) is 26.5. The molecule has 0 amide bonds. The molecule has 0 saturated carbocycles. The summed E-state index contributed by atoms with van der Waals surface area (Å²) in [5.74, 6) is -3.53. The molecular formula is C9H8F2O4. The Kier molecular flexibility index (Phi) is 3.33. The van der Waals surface area contributed by atoms with E-state index in [1.807, 2.05) is 0 Å². The SMILES string of the molecule is O=C(O)C(O)C(O)c1cc(F)ccc1F. The third-order valence-electron chi connectivity index (χ3n) is 1.83. The van der Waals surface area contributed by atoms with Crippen LogP contribution in [0.25, 0.3) is 0 Å². The molecule has 3 N–H and O–H groups in total. The summed E-state index contributed by atoms with van der Waals surface area (Å²) in [6.07, 6.45) is -4.19. The topological polar surface area (TPSA) is 77.8 Å². The number of carboxylic acid groups (broad SMARTS) is 1. The van der Waals surface area contributed by atoms with E-state index in [2.05, 4.69) is 0 Å². The van der Waals surface area contributed by atoms with Gasteiger partial charge < -0.3 is 15.3 Å². The van der Waals surface area contributed by atoms with Crippen LogP contribution in [-0.2, 0) is 4.79 Å². The van der Waals surface area contributed by atoms with E-state index in [1.165, 1.54) is 0 Å². The summed E-state index contributed by atoms with van der Waals surface area (Å²) in [6, 6.07) is 2.19. The first-order valence-electron chi connectivity index (χ1n) is 3.97. The summed E-state index contributed by atoms with van der Waals surface area (Å²) < 4.78 is 25.7. The van der Waals surface area contributed by atoms with Crippen molar-refractivity contribution in [3.05, 3.63) is 35.4 Å². The van der Waals surface area contributed by atoms with Gasteiger partial charge in [0.05, 0.1) is 0 Å². The Morgan fingerprint density at radius 3 is 2.40 bits per heavy atom. The first-order chi connectivity index (χ1) is 6.93. The third kappa shape index (κ3) is 2.48. The van der Waals surface area contributed by atoms with E-state index in [9.17, 15) is 18.7 Å². The van der Waals surface area contributed by atoms with Crippen LogP contribution in [0.4, 0.5) is 8.78 Å². The largest absolute Gasteiger partial charge is 0.479 e. The molecule has 2 atom stereocenters. The highest BCUT2D eigenvalue weighted by atomic mass is 19.1. The molecule has 0 spiro atoms. The lowest BCUT2D eigenvalue weighted by Crippen LogP contribution is -2.28. The summed E-state index contributed by atoms with van der Waals surface area (Å²) in [4.78, 5) is 10.3. The Morgan fingerprint density at radius 2 is 1.87 bits per heavy atom. The molecule has 2 unspecified atom stereocenters. The van der Waals surface area contributed by atoms with Crippen molar-refractivity contribution in [3.63, 3.8) is 0 Å². The number of aliphatic hydroxyl groups excluding tert-OH is 2. The average Bonchev–Trinajstić information content (AvgIpc) is 2.19. The normalized spacial score (nSPS) is 14.7. The van der Waals surface area contributed by atoms with Crippen molar-refractivity contribution in [2.45, 2.75) is 12.2 Å². The van der Waals surface area contributed by atoms with Gasteiger partial charge in [0.15, 0.2) is 6.10 Å². The molecule has 6 heteroatoms. The summed E-state index contributed by atoms with van der Waals surface area (Å²) in [7, 11) is 0. The van der Waals surface area contributed by atoms with E-state index in [4.69, 9.17) is 10.2 Å². The molecule has 0 saturated heterocycles. The number of benzene rings is 1. The van der Waals surface area contributed by atoms with Crippen LogP contribution < -0.4 is 0 Å². The van der Waals surface area contributed by atoms with E-state index in [-0.39, 0.29) is 0 Å². The minimum absolute atomic E-state index is 0.593. The van der Waals surface area contributed by atoms with Crippen LogP contribution in [-0.4, -0.2) is 27.4 Å². The third-order valence-corrected chi connectivity index (χ3v) is 1.83. The second kappa shape index (κ2) is 4.33. The standard InChI is InChI=1S/C9H8F2O4/c10-4-1-2-6(11)5(3-4)7(12)8(13)9(14)15/h1-3,7-8,12-13H,(H,14,15). The minimum atomic E-state index is -2.19. The Balaban J connectivity index is 3.04. The van der Waals surface area contributed by atoms with Crippen LogP contribution >= 0.6 is 0 Å². The van der Waals surface area contributed by atoms with Gasteiger partial charge in [0.25, 0.3) is 0 Å². The van der Waals surface area contributed by atoms with Gasteiger partial charge in [-0.15, -0.1) is 0 Å². The zero-order valence-electron chi connectivity index (χ0n) is 7.39. The lowest BCUT2D eigenvalue weighted by molar-refractivity contribution is -0.153. The number of rotatable bonds is 3. The van der Waals surface area contributed by atoms with Gasteiger partial charge in [-0.05, 0) is 18.2 Å². The van der Waals surface area contributed by atoms with Crippen LogP contribution in [0.2, 0.25) is 0 Å². The second-order valence-corrected chi connectivity index (χ2v) is 2.89. The molecule has 1 aromatic rings. The molecule has 0 aliphatic rings. The maximum Gasteiger partial charge on any atom is 0.335 e. The van der Waals surface area contributed by atoms with Crippen molar-refractivity contribution in [1.29, 1.82) is 0 Å². The summed E-state index contributed by atoms with van der Waals surface area (Å²) >= 11 is 0. The number of hydrogen-bond acceptors (Lipinski definition) is 3. The lowest BCUT2D eigenvalue weighted by Gasteiger charge is -2.14. The predicted octanol–water partition coefficient (Wildman–Crippen LogP) is 0.444. The molecule has 0 radical (unpaired) electrons. The van der Waals surface area contributed by atoms with Crippen molar-refractivity contribution < 1.29 is 28.9 Å². The highest BCUT2D eigenvalue weighted by molar-refractivity contribution is 5.73. The van der Waals surface area contributed by atoms with Crippen LogP contribution in [0.5, 0.6) is 0 Å². The summed E-state index contributed by atoms with van der Waals surface area (Å²) in [6.45, 7) is 0. The van der Waals surface area contributed by atoms with Gasteiger partial charge in [-0.3, -0.25) is 0 Å². The zero-order valence-corrected chi connectivity index (χ0v) is 7.39. The molecular weight excluding hydrogens is 210 g/mol. The van der Waals surface area contributed by atoms with Gasteiger partial charge in [-0.1, -0.05) is 0 Å². The molecule has 15 heavy (non-hydrogen) atoms. The molecule has 0 aromatic heterocycles.